The predicted molar refractivity (Wildman–Crippen MR) is 94.5 cm³/mol. The molecule has 0 aliphatic carbocycles. The van der Waals surface area contributed by atoms with Gasteiger partial charge in [-0.2, -0.15) is 18.6 Å². The van der Waals surface area contributed by atoms with Crippen LogP contribution in [0.1, 0.15) is 5.56 Å². The monoisotopic (exact) mass is 357 g/mol. The Morgan fingerprint density at radius 3 is 2.44 bits per heavy atom. The summed E-state index contributed by atoms with van der Waals surface area (Å²) in [7, 11) is -4.38. The van der Waals surface area contributed by atoms with E-state index in [1.807, 2.05) is 18.2 Å². The van der Waals surface area contributed by atoms with E-state index in [9.17, 15) is 13.5 Å². The first-order valence-corrected chi connectivity index (χ1v) is 8.74. The maximum atomic E-state index is 11.3. The predicted octanol–water partition coefficient (Wildman–Crippen LogP) is 3.66. The Kier molecular flexibility index (Phi) is 4.39. The van der Waals surface area contributed by atoms with Crippen molar-refractivity contribution in [1.29, 1.82) is 0 Å². The zero-order valence-electron chi connectivity index (χ0n) is 13.0. The Balaban J connectivity index is 1.97. The van der Waals surface area contributed by atoms with Crippen molar-refractivity contribution in [2.75, 3.05) is 5.73 Å². The molecular formula is C17H15N3O4S. The topological polar surface area (TPSA) is 125 Å². The van der Waals surface area contributed by atoms with Crippen molar-refractivity contribution in [3.63, 3.8) is 0 Å². The molecule has 4 N–H and O–H groups in total. The average Bonchev–Trinajstić information content (AvgIpc) is 2.56. The molecule has 0 saturated heterocycles. The van der Waals surface area contributed by atoms with Gasteiger partial charge in [-0.25, -0.2) is 0 Å². The first kappa shape index (κ1) is 16.9. The van der Waals surface area contributed by atoms with E-state index in [0.29, 0.717) is 22.0 Å². The molecule has 25 heavy (non-hydrogen) atoms. The van der Waals surface area contributed by atoms with Gasteiger partial charge in [0.2, 0.25) is 0 Å². The summed E-state index contributed by atoms with van der Waals surface area (Å²) >= 11 is 0. The van der Waals surface area contributed by atoms with Crippen molar-refractivity contribution in [3.05, 3.63) is 60.2 Å². The van der Waals surface area contributed by atoms with Crippen LogP contribution in [0.3, 0.4) is 0 Å². The van der Waals surface area contributed by atoms with Gasteiger partial charge in [0.15, 0.2) is 0 Å². The standard InChI is InChI=1S/C17H15N3O4S/c18-15-9-14(25(22,23)24)8-11-6-7-12(17(21)16(11)15)10-19-20-13-4-2-1-3-5-13/h1-9,21H,10,18H2,(H,22,23,24). The maximum Gasteiger partial charge on any atom is 0.294 e. The minimum absolute atomic E-state index is 0.0458. The number of fused-ring (bicyclic) bond motifs is 1. The van der Waals surface area contributed by atoms with Gasteiger partial charge in [0.1, 0.15) is 5.75 Å². The SMILES string of the molecule is Nc1cc(S(=O)(=O)O)cc2ccc(CN=Nc3ccccc3)c(O)c12. The first-order chi connectivity index (χ1) is 11.9. The second kappa shape index (κ2) is 6.50. The van der Waals surface area contributed by atoms with Gasteiger partial charge >= 0.3 is 0 Å². The smallest absolute Gasteiger partial charge is 0.294 e. The fourth-order valence-electron chi connectivity index (χ4n) is 2.46. The Labute approximate surface area is 144 Å². The molecule has 0 aliphatic rings. The van der Waals surface area contributed by atoms with Gasteiger partial charge in [-0.1, -0.05) is 30.3 Å². The number of rotatable bonds is 4. The summed E-state index contributed by atoms with van der Waals surface area (Å²) < 4.78 is 31.7. The summed E-state index contributed by atoms with van der Waals surface area (Å²) in [5, 5.41) is 19.2. The molecule has 0 saturated carbocycles. The van der Waals surface area contributed by atoms with Crippen LogP contribution >= 0.6 is 0 Å². The van der Waals surface area contributed by atoms with Crippen LogP contribution in [0, 0.1) is 0 Å². The number of hydrogen-bond acceptors (Lipinski definition) is 6. The summed E-state index contributed by atoms with van der Waals surface area (Å²) in [4.78, 5) is -0.326. The first-order valence-electron chi connectivity index (χ1n) is 7.30. The number of anilines is 1. The highest BCUT2D eigenvalue weighted by Crippen LogP contribution is 2.35. The molecule has 0 spiro atoms. The molecule has 0 amide bonds. The van der Waals surface area contributed by atoms with E-state index >= 15 is 0 Å². The van der Waals surface area contributed by atoms with Crippen LogP contribution in [-0.2, 0) is 16.7 Å². The normalized spacial score (nSPS) is 12.0. The van der Waals surface area contributed by atoms with Gasteiger partial charge < -0.3 is 10.8 Å². The Morgan fingerprint density at radius 1 is 1.04 bits per heavy atom. The number of phenolic OH excluding ortho intramolecular Hbond substituents is 1. The molecule has 0 heterocycles. The second-order valence-electron chi connectivity index (χ2n) is 5.39. The molecule has 3 aromatic carbocycles. The van der Waals surface area contributed by atoms with E-state index in [1.54, 1.807) is 24.3 Å². The highest BCUT2D eigenvalue weighted by atomic mass is 32.2. The van der Waals surface area contributed by atoms with Crippen molar-refractivity contribution >= 4 is 32.3 Å². The van der Waals surface area contributed by atoms with E-state index in [2.05, 4.69) is 10.2 Å². The molecule has 0 atom stereocenters. The number of hydrogen-bond donors (Lipinski definition) is 3. The lowest BCUT2D eigenvalue weighted by molar-refractivity contribution is 0.474. The van der Waals surface area contributed by atoms with Crippen molar-refractivity contribution in [2.45, 2.75) is 11.4 Å². The number of nitrogen functional groups attached to an aromatic ring is 1. The molecule has 7 nitrogen and oxygen atoms in total. The van der Waals surface area contributed by atoms with E-state index in [1.165, 1.54) is 6.07 Å². The lowest BCUT2D eigenvalue weighted by Crippen LogP contribution is -2.00. The highest BCUT2D eigenvalue weighted by Gasteiger charge is 2.15. The van der Waals surface area contributed by atoms with Crippen molar-refractivity contribution in [3.8, 4) is 5.75 Å². The minimum Gasteiger partial charge on any atom is -0.507 e. The van der Waals surface area contributed by atoms with Crippen molar-refractivity contribution in [2.24, 2.45) is 10.2 Å². The van der Waals surface area contributed by atoms with Crippen molar-refractivity contribution in [1.82, 2.24) is 0 Å². The molecule has 0 unspecified atom stereocenters. The van der Waals surface area contributed by atoms with Crippen LogP contribution < -0.4 is 5.73 Å². The van der Waals surface area contributed by atoms with Crippen LogP contribution in [0.2, 0.25) is 0 Å². The van der Waals surface area contributed by atoms with Gasteiger partial charge in [0.25, 0.3) is 10.1 Å². The van der Waals surface area contributed by atoms with Crippen molar-refractivity contribution < 1.29 is 18.1 Å². The van der Waals surface area contributed by atoms with Crippen LogP contribution in [0.25, 0.3) is 10.8 Å². The molecule has 0 radical (unpaired) electrons. The molecule has 0 aliphatic heterocycles. The van der Waals surface area contributed by atoms with E-state index in [4.69, 9.17) is 10.3 Å². The number of benzene rings is 3. The zero-order chi connectivity index (χ0) is 18.0. The third-order valence-electron chi connectivity index (χ3n) is 3.66. The van der Waals surface area contributed by atoms with Gasteiger partial charge in [-0.3, -0.25) is 4.55 Å². The van der Waals surface area contributed by atoms with Gasteiger partial charge in [-0.15, -0.1) is 0 Å². The summed E-state index contributed by atoms with van der Waals surface area (Å²) in [6.45, 7) is 0.135. The molecule has 0 aromatic heterocycles. The maximum absolute atomic E-state index is 11.3. The number of phenols is 1. The summed E-state index contributed by atoms with van der Waals surface area (Å²) in [5.41, 5.74) is 7.09. The molecule has 0 fully saturated rings. The Bertz CT molecular complexity index is 1060. The largest absolute Gasteiger partial charge is 0.507 e. The molecule has 128 valence electrons. The number of azo groups is 1. The highest BCUT2D eigenvalue weighted by molar-refractivity contribution is 7.85. The molecular weight excluding hydrogens is 342 g/mol. The van der Waals surface area contributed by atoms with Crippen LogP contribution in [0.15, 0.2) is 69.7 Å². The molecule has 8 heteroatoms. The Morgan fingerprint density at radius 2 is 1.76 bits per heavy atom. The van der Waals surface area contributed by atoms with E-state index in [-0.39, 0.29) is 22.9 Å². The lowest BCUT2D eigenvalue weighted by atomic mass is 10.0. The van der Waals surface area contributed by atoms with Gasteiger partial charge in [0.05, 0.1) is 17.1 Å². The molecule has 0 bridgehead atoms. The van der Waals surface area contributed by atoms with E-state index in [0.717, 1.165) is 6.07 Å². The van der Waals surface area contributed by atoms with Gasteiger partial charge in [0, 0.05) is 16.6 Å². The number of aromatic hydroxyl groups is 1. The lowest BCUT2D eigenvalue weighted by Gasteiger charge is -2.10. The summed E-state index contributed by atoms with van der Waals surface area (Å²) in [5.74, 6) is -0.0936. The van der Waals surface area contributed by atoms with Crippen LogP contribution in [0.4, 0.5) is 11.4 Å². The average molecular weight is 357 g/mol. The zero-order valence-corrected chi connectivity index (χ0v) is 13.8. The fourth-order valence-corrected chi connectivity index (χ4v) is 3.01. The third kappa shape index (κ3) is 3.59. The quantitative estimate of drug-likeness (QED) is 0.373. The van der Waals surface area contributed by atoms with E-state index < -0.39 is 10.1 Å². The molecule has 3 rings (SSSR count). The van der Waals surface area contributed by atoms with Crippen LogP contribution in [0.5, 0.6) is 5.75 Å². The fraction of sp³-hybridized carbons (Fsp3) is 0.0588. The number of nitrogens with zero attached hydrogens (tertiary/aromatic N) is 2. The molecule has 3 aromatic rings. The minimum atomic E-state index is -4.38. The second-order valence-corrected chi connectivity index (χ2v) is 6.82. The van der Waals surface area contributed by atoms with Gasteiger partial charge in [-0.05, 0) is 29.7 Å². The Hall–Kier alpha value is -2.97. The summed E-state index contributed by atoms with van der Waals surface area (Å²) in [6, 6.07) is 14.7. The van der Waals surface area contributed by atoms with Crippen LogP contribution in [-0.4, -0.2) is 18.1 Å². The number of nitrogens with two attached hydrogens (primary N) is 1. The third-order valence-corrected chi connectivity index (χ3v) is 4.49. The summed E-state index contributed by atoms with van der Waals surface area (Å²) in [6.07, 6.45) is 0.